The number of nitrogens with zero attached hydrogens (tertiary/aromatic N) is 1. The minimum Gasteiger partial charge on any atom is -0.383 e. The molecule has 18 heavy (non-hydrogen) atoms. The van der Waals surface area contributed by atoms with Gasteiger partial charge in [0.05, 0.1) is 5.52 Å². The van der Waals surface area contributed by atoms with Crippen LogP contribution in [-0.2, 0) is 0 Å². The SMILES string of the molecule is c1ccc2c(NCC3CCCCN3)ccnc2c1. The van der Waals surface area contributed by atoms with E-state index in [0.717, 1.165) is 18.6 Å². The molecule has 3 rings (SSSR count). The molecule has 0 saturated carbocycles. The zero-order valence-corrected chi connectivity index (χ0v) is 10.5. The summed E-state index contributed by atoms with van der Waals surface area (Å²) in [5.74, 6) is 0. The molecule has 1 aliphatic heterocycles. The van der Waals surface area contributed by atoms with E-state index in [2.05, 4.69) is 39.9 Å². The van der Waals surface area contributed by atoms with Crippen molar-refractivity contribution in [2.24, 2.45) is 0 Å². The van der Waals surface area contributed by atoms with Crippen LogP contribution in [0, 0.1) is 0 Å². The number of nitrogens with one attached hydrogen (secondary N) is 2. The topological polar surface area (TPSA) is 37.0 Å². The number of para-hydroxylation sites is 1. The third-order valence-corrected chi connectivity index (χ3v) is 3.60. The van der Waals surface area contributed by atoms with Crippen LogP contribution in [0.4, 0.5) is 5.69 Å². The molecule has 0 spiro atoms. The van der Waals surface area contributed by atoms with Crippen LogP contribution in [0.5, 0.6) is 0 Å². The lowest BCUT2D eigenvalue weighted by Gasteiger charge is -2.24. The highest BCUT2D eigenvalue weighted by molar-refractivity contribution is 5.90. The Morgan fingerprint density at radius 3 is 3.06 bits per heavy atom. The third-order valence-electron chi connectivity index (χ3n) is 3.60. The van der Waals surface area contributed by atoms with E-state index in [1.165, 1.54) is 30.3 Å². The summed E-state index contributed by atoms with van der Waals surface area (Å²) >= 11 is 0. The molecule has 0 bridgehead atoms. The standard InChI is InChI=1S/C15H19N3/c1-2-7-14-13(6-1)15(8-10-17-14)18-11-12-5-3-4-9-16-12/h1-2,6-8,10,12,16H,3-5,9,11H2,(H,17,18). The molecule has 1 aromatic carbocycles. The van der Waals surface area contributed by atoms with Gasteiger partial charge in [-0.1, -0.05) is 24.6 Å². The molecule has 94 valence electrons. The highest BCUT2D eigenvalue weighted by atomic mass is 15.0. The van der Waals surface area contributed by atoms with Gasteiger partial charge in [0.25, 0.3) is 0 Å². The Morgan fingerprint density at radius 1 is 1.22 bits per heavy atom. The second-order valence-electron chi connectivity index (χ2n) is 4.90. The van der Waals surface area contributed by atoms with E-state index in [1.54, 1.807) is 0 Å². The van der Waals surface area contributed by atoms with Crippen molar-refractivity contribution in [1.29, 1.82) is 0 Å². The quantitative estimate of drug-likeness (QED) is 0.867. The average molecular weight is 241 g/mol. The van der Waals surface area contributed by atoms with Crippen LogP contribution in [0.3, 0.4) is 0 Å². The van der Waals surface area contributed by atoms with Gasteiger partial charge in [-0.05, 0) is 31.5 Å². The summed E-state index contributed by atoms with van der Waals surface area (Å²) in [6, 6.07) is 10.9. The number of aromatic nitrogens is 1. The van der Waals surface area contributed by atoms with E-state index in [4.69, 9.17) is 0 Å². The van der Waals surface area contributed by atoms with Crippen LogP contribution in [0.1, 0.15) is 19.3 Å². The Bertz CT molecular complexity index is 513. The summed E-state index contributed by atoms with van der Waals surface area (Å²) < 4.78 is 0. The van der Waals surface area contributed by atoms with Crippen molar-refractivity contribution in [3.05, 3.63) is 36.5 Å². The van der Waals surface area contributed by atoms with E-state index in [-0.39, 0.29) is 0 Å². The molecule has 2 aromatic rings. The molecule has 0 aliphatic carbocycles. The first-order valence-electron chi connectivity index (χ1n) is 6.74. The predicted octanol–water partition coefficient (Wildman–Crippen LogP) is 2.79. The highest BCUT2D eigenvalue weighted by Crippen LogP contribution is 2.21. The Balaban J connectivity index is 1.74. The lowest BCUT2D eigenvalue weighted by Crippen LogP contribution is -2.39. The van der Waals surface area contributed by atoms with Gasteiger partial charge in [0, 0.05) is 29.9 Å². The van der Waals surface area contributed by atoms with Crippen LogP contribution in [0.2, 0.25) is 0 Å². The summed E-state index contributed by atoms with van der Waals surface area (Å²) in [4.78, 5) is 4.38. The van der Waals surface area contributed by atoms with E-state index in [9.17, 15) is 0 Å². The summed E-state index contributed by atoms with van der Waals surface area (Å²) in [5.41, 5.74) is 2.24. The van der Waals surface area contributed by atoms with Crippen LogP contribution in [0.25, 0.3) is 10.9 Å². The fourth-order valence-corrected chi connectivity index (χ4v) is 2.58. The maximum absolute atomic E-state index is 4.38. The first-order valence-corrected chi connectivity index (χ1v) is 6.74. The van der Waals surface area contributed by atoms with Crippen molar-refractivity contribution in [2.75, 3.05) is 18.4 Å². The molecule has 1 aromatic heterocycles. The van der Waals surface area contributed by atoms with Gasteiger partial charge in [0.2, 0.25) is 0 Å². The summed E-state index contributed by atoms with van der Waals surface area (Å²) in [7, 11) is 0. The summed E-state index contributed by atoms with van der Waals surface area (Å²) in [5, 5.41) is 8.32. The van der Waals surface area contributed by atoms with Gasteiger partial charge in [-0.15, -0.1) is 0 Å². The number of rotatable bonds is 3. The predicted molar refractivity (Wildman–Crippen MR) is 75.9 cm³/mol. The zero-order valence-electron chi connectivity index (χ0n) is 10.5. The monoisotopic (exact) mass is 241 g/mol. The number of piperidine rings is 1. The number of pyridine rings is 1. The molecule has 1 aliphatic rings. The van der Waals surface area contributed by atoms with Crippen molar-refractivity contribution >= 4 is 16.6 Å². The number of benzene rings is 1. The fraction of sp³-hybridized carbons (Fsp3) is 0.400. The molecule has 0 amide bonds. The molecule has 1 saturated heterocycles. The van der Waals surface area contributed by atoms with Crippen molar-refractivity contribution in [3.63, 3.8) is 0 Å². The van der Waals surface area contributed by atoms with Crippen molar-refractivity contribution in [2.45, 2.75) is 25.3 Å². The lowest BCUT2D eigenvalue weighted by molar-refractivity contribution is 0.414. The fourth-order valence-electron chi connectivity index (χ4n) is 2.58. The van der Waals surface area contributed by atoms with E-state index in [0.29, 0.717) is 6.04 Å². The van der Waals surface area contributed by atoms with Gasteiger partial charge >= 0.3 is 0 Å². The smallest absolute Gasteiger partial charge is 0.0722 e. The first-order chi connectivity index (χ1) is 8.93. The average Bonchev–Trinajstić information content (AvgIpc) is 2.46. The molecule has 1 atom stereocenters. The number of hydrogen-bond donors (Lipinski definition) is 2. The molecule has 1 fully saturated rings. The van der Waals surface area contributed by atoms with E-state index < -0.39 is 0 Å². The molecule has 2 N–H and O–H groups in total. The second kappa shape index (κ2) is 5.36. The molecule has 3 nitrogen and oxygen atoms in total. The van der Waals surface area contributed by atoms with Gasteiger partial charge in [-0.2, -0.15) is 0 Å². The van der Waals surface area contributed by atoms with Crippen molar-refractivity contribution in [1.82, 2.24) is 10.3 Å². The van der Waals surface area contributed by atoms with Crippen LogP contribution in [0.15, 0.2) is 36.5 Å². The Morgan fingerprint density at radius 2 is 2.17 bits per heavy atom. The zero-order chi connectivity index (χ0) is 12.2. The van der Waals surface area contributed by atoms with Crippen molar-refractivity contribution in [3.8, 4) is 0 Å². The van der Waals surface area contributed by atoms with Crippen LogP contribution in [-0.4, -0.2) is 24.1 Å². The lowest BCUT2D eigenvalue weighted by atomic mass is 10.0. The van der Waals surface area contributed by atoms with Gasteiger partial charge in [0.1, 0.15) is 0 Å². The van der Waals surface area contributed by atoms with Crippen LogP contribution >= 0.6 is 0 Å². The molecule has 0 radical (unpaired) electrons. The minimum atomic E-state index is 0.602. The van der Waals surface area contributed by atoms with Gasteiger partial charge < -0.3 is 10.6 Å². The van der Waals surface area contributed by atoms with Crippen molar-refractivity contribution < 1.29 is 0 Å². The summed E-state index contributed by atoms with van der Waals surface area (Å²) in [6.07, 6.45) is 5.81. The van der Waals surface area contributed by atoms with Crippen LogP contribution < -0.4 is 10.6 Å². The molecular weight excluding hydrogens is 222 g/mol. The van der Waals surface area contributed by atoms with Gasteiger partial charge in [-0.25, -0.2) is 0 Å². The minimum absolute atomic E-state index is 0.602. The molecule has 2 heterocycles. The highest BCUT2D eigenvalue weighted by Gasteiger charge is 2.12. The number of hydrogen-bond acceptors (Lipinski definition) is 3. The Hall–Kier alpha value is -1.61. The Labute approximate surface area is 108 Å². The Kier molecular flexibility index (Phi) is 3.42. The van der Waals surface area contributed by atoms with Gasteiger partial charge in [0.15, 0.2) is 0 Å². The molecular formula is C15H19N3. The summed E-state index contributed by atoms with van der Waals surface area (Å²) in [6.45, 7) is 2.15. The third kappa shape index (κ3) is 2.46. The van der Waals surface area contributed by atoms with Gasteiger partial charge in [-0.3, -0.25) is 4.98 Å². The molecule has 1 unspecified atom stereocenters. The largest absolute Gasteiger partial charge is 0.383 e. The van der Waals surface area contributed by atoms with E-state index in [1.807, 2.05) is 12.3 Å². The maximum atomic E-state index is 4.38. The number of fused-ring (bicyclic) bond motifs is 1. The number of anilines is 1. The normalized spacial score (nSPS) is 19.9. The second-order valence-corrected chi connectivity index (χ2v) is 4.90. The molecule has 3 heteroatoms. The maximum Gasteiger partial charge on any atom is 0.0722 e. The van der Waals surface area contributed by atoms with E-state index >= 15 is 0 Å². The first kappa shape index (κ1) is 11.5.